The van der Waals surface area contributed by atoms with Gasteiger partial charge in [-0.15, -0.1) is 11.3 Å². The second kappa shape index (κ2) is 9.10. The van der Waals surface area contributed by atoms with Gasteiger partial charge >= 0.3 is 0 Å². The molecule has 1 unspecified atom stereocenters. The molecule has 2 saturated heterocycles. The minimum Gasteiger partial charge on any atom is -0.379 e. The molecule has 3 aromatic rings. The average molecular weight is 438 g/mol. The molecule has 5 rings (SSSR count). The van der Waals surface area contributed by atoms with Crippen molar-refractivity contribution in [3.05, 3.63) is 46.6 Å². The van der Waals surface area contributed by atoms with E-state index < -0.39 is 0 Å². The molecule has 4 heterocycles. The fourth-order valence-corrected chi connectivity index (χ4v) is 5.61. The number of rotatable bonds is 6. The normalized spacial score (nSPS) is 19.9. The molecular formula is C24H31N5OS. The van der Waals surface area contributed by atoms with Gasteiger partial charge in [0.1, 0.15) is 16.5 Å². The van der Waals surface area contributed by atoms with Crippen LogP contribution in [0.4, 0.5) is 11.5 Å². The van der Waals surface area contributed by atoms with Crippen LogP contribution in [0.2, 0.25) is 0 Å². The highest BCUT2D eigenvalue weighted by Gasteiger charge is 2.24. The number of fused-ring (bicyclic) bond motifs is 1. The zero-order valence-corrected chi connectivity index (χ0v) is 19.2. The van der Waals surface area contributed by atoms with Gasteiger partial charge in [-0.2, -0.15) is 0 Å². The van der Waals surface area contributed by atoms with Crippen molar-refractivity contribution in [1.29, 1.82) is 0 Å². The van der Waals surface area contributed by atoms with Crippen LogP contribution in [0.1, 0.15) is 22.7 Å². The Morgan fingerprint density at radius 3 is 2.71 bits per heavy atom. The Kier molecular flexibility index (Phi) is 6.07. The monoisotopic (exact) mass is 437 g/mol. The van der Waals surface area contributed by atoms with Crippen molar-refractivity contribution in [3.63, 3.8) is 0 Å². The lowest BCUT2D eigenvalue weighted by Gasteiger charge is -2.26. The molecule has 0 radical (unpaired) electrons. The van der Waals surface area contributed by atoms with Crippen LogP contribution in [0.5, 0.6) is 0 Å². The Morgan fingerprint density at radius 1 is 1.10 bits per heavy atom. The highest BCUT2D eigenvalue weighted by molar-refractivity contribution is 7.18. The van der Waals surface area contributed by atoms with E-state index in [-0.39, 0.29) is 0 Å². The molecule has 164 valence electrons. The number of thiophene rings is 1. The van der Waals surface area contributed by atoms with E-state index in [2.05, 4.69) is 59.3 Å². The number of aromatic nitrogens is 2. The molecule has 1 N–H and O–H groups in total. The van der Waals surface area contributed by atoms with Crippen molar-refractivity contribution in [2.75, 3.05) is 56.2 Å². The fraction of sp³-hybridized carbons (Fsp3) is 0.500. The maximum atomic E-state index is 5.49. The van der Waals surface area contributed by atoms with Gasteiger partial charge in [0, 0.05) is 43.3 Å². The molecule has 2 aliphatic heterocycles. The highest BCUT2D eigenvalue weighted by Crippen LogP contribution is 2.34. The molecule has 2 aromatic heterocycles. The summed E-state index contributed by atoms with van der Waals surface area (Å²) >= 11 is 1.78. The molecule has 0 bridgehead atoms. The fourth-order valence-electron chi connectivity index (χ4n) is 4.57. The predicted molar refractivity (Wildman–Crippen MR) is 128 cm³/mol. The smallest absolute Gasteiger partial charge is 0.146 e. The standard InChI is InChI=1S/C24H31N5OS/c1-17-18(2)31-24-22(17)23(26-21(27-24)16-28-10-12-30-13-11-28)25-14-19-8-9-29(15-19)20-6-4-3-5-7-20/h3-7,19H,8-16H2,1-2H3,(H,25,26,27). The Hall–Kier alpha value is -2.22. The van der Waals surface area contributed by atoms with Crippen LogP contribution >= 0.6 is 11.3 Å². The Balaban J connectivity index is 1.32. The quantitative estimate of drug-likeness (QED) is 0.627. The van der Waals surface area contributed by atoms with E-state index in [1.807, 2.05) is 0 Å². The van der Waals surface area contributed by atoms with E-state index in [0.29, 0.717) is 5.92 Å². The zero-order chi connectivity index (χ0) is 21.2. The lowest BCUT2D eigenvalue weighted by atomic mass is 10.1. The number of anilines is 2. The number of para-hydroxylation sites is 1. The number of nitrogens with zero attached hydrogens (tertiary/aromatic N) is 4. The van der Waals surface area contributed by atoms with Gasteiger partial charge < -0.3 is 15.0 Å². The largest absolute Gasteiger partial charge is 0.379 e. The summed E-state index contributed by atoms with van der Waals surface area (Å²) in [6, 6.07) is 10.7. The molecule has 0 amide bonds. The average Bonchev–Trinajstić information content (AvgIpc) is 3.38. The molecule has 0 aliphatic carbocycles. The number of nitrogens with one attached hydrogen (secondary N) is 1. The van der Waals surface area contributed by atoms with Gasteiger partial charge in [0.2, 0.25) is 0 Å². The van der Waals surface area contributed by atoms with E-state index >= 15 is 0 Å². The third kappa shape index (κ3) is 4.54. The van der Waals surface area contributed by atoms with E-state index in [1.54, 1.807) is 11.3 Å². The highest BCUT2D eigenvalue weighted by atomic mass is 32.1. The summed E-state index contributed by atoms with van der Waals surface area (Å²) in [6.07, 6.45) is 1.21. The van der Waals surface area contributed by atoms with Gasteiger partial charge in [0.05, 0.1) is 25.1 Å². The summed E-state index contributed by atoms with van der Waals surface area (Å²) < 4.78 is 5.49. The van der Waals surface area contributed by atoms with Crippen molar-refractivity contribution in [3.8, 4) is 0 Å². The first-order valence-electron chi connectivity index (χ1n) is 11.3. The third-order valence-electron chi connectivity index (χ3n) is 6.51. The van der Waals surface area contributed by atoms with Gasteiger partial charge in [-0.05, 0) is 43.9 Å². The molecule has 1 aromatic carbocycles. The second-order valence-corrected chi connectivity index (χ2v) is 9.86. The van der Waals surface area contributed by atoms with Crippen molar-refractivity contribution in [2.45, 2.75) is 26.8 Å². The summed E-state index contributed by atoms with van der Waals surface area (Å²) in [5.41, 5.74) is 2.63. The number of morpholine rings is 1. The first-order chi connectivity index (χ1) is 15.2. The van der Waals surface area contributed by atoms with Crippen molar-refractivity contribution >= 4 is 33.1 Å². The van der Waals surface area contributed by atoms with Crippen molar-refractivity contribution in [1.82, 2.24) is 14.9 Å². The maximum Gasteiger partial charge on any atom is 0.146 e. The Morgan fingerprint density at radius 2 is 1.90 bits per heavy atom. The number of hydrogen-bond donors (Lipinski definition) is 1. The van der Waals surface area contributed by atoms with Gasteiger partial charge in [-0.1, -0.05) is 18.2 Å². The van der Waals surface area contributed by atoms with Gasteiger partial charge in [0.25, 0.3) is 0 Å². The molecule has 0 spiro atoms. The van der Waals surface area contributed by atoms with E-state index in [1.165, 1.54) is 27.9 Å². The SMILES string of the molecule is Cc1sc2nc(CN3CCOCC3)nc(NCC3CCN(c4ccccc4)C3)c2c1C. The lowest BCUT2D eigenvalue weighted by Crippen LogP contribution is -2.36. The number of ether oxygens (including phenoxy) is 1. The van der Waals surface area contributed by atoms with Crippen LogP contribution in [0.3, 0.4) is 0 Å². The summed E-state index contributed by atoms with van der Waals surface area (Å²) in [5, 5.41) is 4.92. The maximum absolute atomic E-state index is 5.49. The zero-order valence-electron chi connectivity index (χ0n) is 18.4. The van der Waals surface area contributed by atoms with Crippen LogP contribution in [-0.4, -0.2) is 60.8 Å². The number of aryl methyl sites for hydroxylation is 2. The molecule has 6 nitrogen and oxygen atoms in total. The van der Waals surface area contributed by atoms with E-state index in [0.717, 1.165) is 69.0 Å². The van der Waals surface area contributed by atoms with Crippen molar-refractivity contribution < 1.29 is 4.74 Å². The van der Waals surface area contributed by atoms with Crippen LogP contribution < -0.4 is 10.2 Å². The molecule has 2 aliphatic rings. The summed E-state index contributed by atoms with van der Waals surface area (Å²) in [7, 11) is 0. The van der Waals surface area contributed by atoms with Gasteiger partial charge in [0.15, 0.2) is 0 Å². The minimum atomic E-state index is 0.618. The predicted octanol–water partition coefficient (Wildman–Crippen LogP) is 4.08. The number of benzene rings is 1. The first kappa shape index (κ1) is 20.7. The van der Waals surface area contributed by atoms with Crippen LogP contribution in [0.25, 0.3) is 10.2 Å². The van der Waals surface area contributed by atoms with Crippen LogP contribution in [0.15, 0.2) is 30.3 Å². The van der Waals surface area contributed by atoms with Gasteiger partial charge in [-0.3, -0.25) is 4.90 Å². The van der Waals surface area contributed by atoms with Gasteiger partial charge in [-0.25, -0.2) is 9.97 Å². The molecule has 0 saturated carbocycles. The summed E-state index contributed by atoms with van der Waals surface area (Å²) in [5.74, 6) is 2.54. The molecule has 7 heteroatoms. The Bertz CT molecular complexity index is 1030. The van der Waals surface area contributed by atoms with Crippen LogP contribution in [-0.2, 0) is 11.3 Å². The van der Waals surface area contributed by atoms with E-state index in [4.69, 9.17) is 14.7 Å². The topological polar surface area (TPSA) is 53.5 Å². The van der Waals surface area contributed by atoms with Crippen LogP contribution in [0, 0.1) is 19.8 Å². The molecular weight excluding hydrogens is 406 g/mol. The number of hydrogen-bond acceptors (Lipinski definition) is 7. The molecule has 2 fully saturated rings. The second-order valence-electron chi connectivity index (χ2n) is 8.66. The minimum absolute atomic E-state index is 0.618. The lowest BCUT2D eigenvalue weighted by molar-refractivity contribution is 0.0331. The first-order valence-corrected chi connectivity index (χ1v) is 12.1. The summed E-state index contributed by atoms with van der Waals surface area (Å²) in [4.78, 5) is 17.2. The van der Waals surface area contributed by atoms with Crippen molar-refractivity contribution in [2.24, 2.45) is 5.92 Å². The summed E-state index contributed by atoms with van der Waals surface area (Å²) in [6.45, 7) is 11.8. The third-order valence-corrected chi connectivity index (χ3v) is 7.61. The van der Waals surface area contributed by atoms with E-state index in [9.17, 15) is 0 Å². The Labute approximate surface area is 188 Å². The molecule has 31 heavy (non-hydrogen) atoms. The molecule has 1 atom stereocenters.